The number of ether oxygens (including phenoxy) is 1. The molecule has 0 saturated carbocycles. The fraction of sp³-hybridized carbons (Fsp3) is 0.381. The van der Waals surface area contributed by atoms with E-state index in [9.17, 15) is 13.6 Å². The van der Waals surface area contributed by atoms with Crippen LogP contribution in [-0.4, -0.2) is 30.5 Å². The van der Waals surface area contributed by atoms with Gasteiger partial charge in [0.25, 0.3) is 11.8 Å². The van der Waals surface area contributed by atoms with Crippen LogP contribution in [0, 0.1) is 0 Å². The van der Waals surface area contributed by atoms with Crippen LogP contribution in [0.4, 0.5) is 8.78 Å². The molecule has 0 radical (unpaired) electrons. The highest BCUT2D eigenvalue weighted by Crippen LogP contribution is 2.29. The molecule has 2 heterocycles. The van der Waals surface area contributed by atoms with E-state index in [0.29, 0.717) is 26.2 Å². The number of morpholine rings is 1. The third-order valence-corrected chi connectivity index (χ3v) is 5.18. The number of fused-ring (bicyclic) bond motifs is 1. The van der Waals surface area contributed by atoms with E-state index in [1.54, 1.807) is 12.1 Å². The largest absolute Gasteiger partial charge is 0.371 e. The van der Waals surface area contributed by atoms with Crippen molar-refractivity contribution in [2.45, 2.75) is 32.0 Å². The summed E-state index contributed by atoms with van der Waals surface area (Å²) in [5.41, 5.74) is 3.68. The maximum absolute atomic E-state index is 13.6. The van der Waals surface area contributed by atoms with Crippen LogP contribution < -0.4 is 5.32 Å². The van der Waals surface area contributed by atoms with Crippen molar-refractivity contribution in [3.63, 3.8) is 0 Å². The molecule has 142 valence electrons. The summed E-state index contributed by atoms with van der Waals surface area (Å²) in [6, 6.07) is 12.4. The zero-order valence-electron chi connectivity index (χ0n) is 15.2. The molecule has 2 aliphatic heterocycles. The lowest BCUT2D eigenvalue weighted by molar-refractivity contribution is -0.0330. The Morgan fingerprint density at radius 3 is 2.93 bits per heavy atom. The lowest BCUT2D eigenvalue weighted by Crippen LogP contribution is -2.37. The van der Waals surface area contributed by atoms with Crippen molar-refractivity contribution in [1.29, 1.82) is 0 Å². The van der Waals surface area contributed by atoms with Crippen molar-refractivity contribution < 1.29 is 18.3 Å². The minimum Gasteiger partial charge on any atom is -0.371 e. The Labute approximate surface area is 157 Å². The molecule has 2 aromatic rings. The SMILES string of the molecule is CC(F)(F)c1cccc(CN2CCO[C@@H](c3ccc4c(c3)CNC4=O)C2)c1. The Bertz CT molecular complexity index is 864. The normalized spacial score (nSPS) is 20.4. The smallest absolute Gasteiger partial charge is 0.270 e. The molecule has 6 heteroatoms. The standard InChI is InChI=1S/C21H22F2N2O2/c1-21(22,23)17-4-2-3-14(9-17)12-25-7-8-27-19(13-25)15-5-6-18-16(10-15)11-24-20(18)26/h2-6,9-10,19H,7-8,11-13H2,1H3,(H,24,26)/t19-/m1/s1. The van der Waals surface area contributed by atoms with Crippen molar-refractivity contribution in [2.75, 3.05) is 19.7 Å². The average molecular weight is 372 g/mol. The number of hydrogen-bond acceptors (Lipinski definition) is 3. The van der Waals surface area contributed by atoms with Gasteiger partial charge in [0, 0.05) is 44.2 Å². The number of benzene rings is 2. The number of carbonyl (C=O) groups excluding carboxylic acids is 1. The molecule has 0 aliphatic carbocycles. The van der Waals surface area contributed by atoms with Gasteiger partial charge in [0.15, 0.2) is 0 Å². The fourth-order valence-electron chi connectivity index (χ4n) is 3.70. The molecule has 0 spiro atoms. The number of nitrogens with one attached hydrogen (secondary N) is 1. The first-order chi connectivity index (χ1) is 12.9. The number of amides is 1. The van der Waals surface area contributed by atoms with Crippen molar-refractivity contribution in [3.05, 3.63) is 70.3 Å². The van der Waals surface area contributed by atoms with Crippen LogP contribution in [0.3, 0.4) is 0 Å². The van der Waals surface area contributed by atoms with E-state index in [1.807, 2.05) is 24.3 Å². The van der Waals surface area contributed by atoms with E-state index in [1.165, 1.54) is 6.07 Å². The van der Waals surface area contributed by atoms with Gasteiger partial charge in [-0.1, -0.05) is 30.3 Å². The Morgan fingerprint density at radius 2 is 2.11 bits per heavy atom. The predicted octanol–water partition coefficient (Wildman–Crippen LogP) is 3.62. The van der Waals surface area contributed by atoms with Crippen LogP contribution in [0.2, 0.25) is 0 Å². The van der Waals surface area contributed by atoms with Gasteiger partial charge in [-0.2, -0.15) is 0 Å². The van der Waals surface area contributed by atoms with Gasteiger partial charge in [-0.25, -0.2) is 8.78 Å². The van der Waals surface area contributed by atoms with Gasteiger partial charge in [0.2, 0.25) is 0 Å². The zero-order chi connectivity index (χ0) is 19.0. The van der Waals surface area contributed by atoms with Gasteiger partial charge in [-0.05, 0) is 28.8 Å². The Balaban J connectivity index is 1.47. The second-order valence-electron chi connectivity index (χ2n) is 7.28. The fourth-order valence-corrected chi connectivity index (χ4v) is 3.70. The lowest BCUT2D eigenvalue weighted by atomic mass is 10.0. The number of nitrogens with zero attached hydrogens (tertiary/aromatic N) is 1. The molecular formula is C21H22F2N2O2. The topological polar surface area (TPSA) is 41.6 Å². The molecule has 4 nitrogen and oxygen atoms in total. The average Bonchev–Trinajstić information content (AvgIpc) is 3.02. The van der Waals surface area contributed by atoms with Gasteiger partial charge in [-0.3, -0.25) is 9.69 Å². The van der Waals surface area contributed by atoms with Crippen LogP contribution in [0.1, 0.15) is 45.6 Å². The summed E-state index contributed by atoms with van der Waals surface area (Å²) >= 11 is 0. The van der Waals surface area contributed by atoms with E-state index in [4.69, 9.17) is 4.74 Å². The van der Waals surface area contributed by atoms with E-state index >= 15 is 0 Å². The molecule has 1 saturated heterocycles. The first kappa shape index (κ1) is 18.1. The summed E-state index contributed by atoms with van der Waals surface area (Å²) < 4.78 is 33.1. The van der Waals surface area contributed by atoms with Crippen molar-refractivity contribution in [3.8, 4) is 0 Å². The van der Waals surface area contributed by atoms with Crippen LogP contribution >= 0.6 is 0 Å². The van der Waals surface area contributed by atoms with Crippen LogP contribution in [0.25, 0.3) is 0 Å². The number of halogens is 2. The van der Waals surface area contributed by atoms with Crippen LogP contribution in [0.15, 0.2) is 42.5 Å². The summed E-state index contributed by atoms with van der Waals surface area (Å²) in [5, 5.41) is 2.82. The molecule has 2 aliphatic rings. The molecule has 1 atom stereocenters. The minimum absolute atomic E-state index is 0.0321. The summed E-state index contributed by atoms with van der Waals surface area (Å²) in [5.74, 6) is -2.87. The highest BCUT2D eigenvalue weighted by molar-refractivity contribution is 5.98. The Morgan fingerprint density at radius 1 is 1.26 bits per heavy atom. The van der Waals surface area contributed by atoms with Crippen molar-refractivity contribution in [2.24, 2.45) is 0 Å². The van der Waals surface area contributed by atoms with E-state index < -0.39 is 5.92 Å². The van der Waals surface area contributed by atoms with Crippen molar-refractivity contribution >= 4 is 5.91 Å². The quantitative estimate of drug-likeness (QED) is 0.891. The second-order valence-corrected chi connectivity index (χ2v) is 7.28. The van der Waals surface area contributed by atoms with Gasteiger partial charge in [0.05, 0.1) is 12.7 Å². The maximum atomic E-state index is 13.6. The molecule has 1 N–H and O–H groups in total. The number of rotatable bonds is 4. The molecular weight excluding hydrogens is 350 g/mol. The molecule has 4 rings (SSSR count). The first-order valence-corrected chi connectivity index (χ1v) is 9.12. The summed E-state index contributed by atoms with van der Waals surface area (Å²) in [6.07, 6.45) is -0.0875. The van der Waals surface area contributed by atoms with Gasteiger partial charge in [-0.15, -0.1) is 0 Å². The molecule has 2 aromatic carbocycles. The van der Waals surface area contributed by atoms with Crippen LogP contribution in [-0.2, 0) is 23.7 Å². The zero-order valence-corrected chi connectivity index (χ0v) is 15.2. The number of alkyl halides is 2. The highest BCUT2D eigenvalue weighted by atomic mass is 19.3. The highest BCUT2D eigenvalue weighted by Gasteiger charge is 2.27. The van der Waals surface area contributed by atoms with E-state index in [-0.39, 0.29) is 17.6 Å². The lowest BCUT2D eigenvalue weighted by Gasteiger charge is -2.33. The summed E-state index contributed by atoms with van der Waals surface area (Å²) in [6.45, 7) is 4.11. The van der Waals surface area contributed by atoms with Gasteiger partial charge in [0.1, 0.15) is 0 Å². The monoisotopic (exact) mass is 372 g/mol. The predicted molar refractivity (Wildman–Crippen MR) is 97.6 cm³/mol. The minimum atomic E-state index is -2.83. The molecule has 0 unspecified atom stereocenters. The summed E-state index contributed by atoms with van der Waals surface area (Å²) in [7, 11) is 0. The molecule has 1 amide bonds. The Kier molecular flexibility index (Phi) is 4.70. The van der Waals surface area contributed by atoms with Gasteiger partial charge >= 0.3 is 0 Å². The molecule has 0 bridgehead atoms. The molecule has 1 fully saturated rings. The van der Waals surface area contributed by atoms with E-state index in [2.05, 4.69) is 10.2 Å². The van der Waals surface area contributed by atoms with Crippen LogP contribution in [0.5, 0.6) is 0 Å². The first-order valence-electron chi connectivity index (χ1n) is 9.12. The molecule has 27 heavy (non-hydrogen) atoms. The third-order valence-electron chi connectivity index (χ3n) is 5.18. The van der Waals surface area contributed by atoms with E-state index in [0.717, 1.165) is 35.7 Å². The third kappa shape index (κ3) is 3.87. The Hall–Kier alpha value is -2.31. The summed E-state index contributed by atoms with van der Waals surface area (Å²) in [4.78, 5) is 13.9. The number of carbonyl (C=O) groups is 1. The number of hydrogen-bond donors (Lipinski definition) is 1. The second kappa shape index (κ2) is 7.02. The van der Waals surface area contributed by atoms with Gasteiger partial charge < -0.3 is 10.1 Å². The molecule has 0 aromatic heterocycles. The van der Waals surface area contributed by atoms with Crippen molar-refractivity contribution in [1.82, 2.24) is 10.2 Å². The maximum Gasteiger partial charge on any atom is 0.270 e.